The van der Waals surface area contributed by atoms with Gasteiger partial charge in [-0.05, 0) is 31.9 Å². The van der Waals surface area contributed by atoms with Gasteiger partial charge in [0.2, 0.25) is 11.8 Å². The monoisotopic (exact) mass is 1050 g/mol. The normalized spacial score (nSPS) is 14.5. The van der Waals surface area contributed by atoms with Gasteiger partial charge in [0.1, 0.15) is 12.4 Å². The lowest BCUT2D eigenvalue weighted by Crippen LogP contribution is -2.49. The predicted octanol–water partition coefficient (Wildman–Crippen LogP) is 0.277. The lowest BCUT2D eigenvalue weighted by atomic mass is 10.1. The number of aromatic nitrogens is 1. The van der Waals surface area contributed by atoms with Gasteiger partial charge in [-0.25, -0.2) is 10.1 Å². The van der Waals surface area contributed by atoms with Crippen LogP contribution < -0.4 is 11.1 Å². The minimum Gasteiger partial charge on any atom is -0.387 e. The van der Waals surface area contributed by atoms with Crippen molar-refractivity contribution in [2.75, 3.05) is 178 Å². The summed E-state index contributed by atoms with van der Waals surface area (Å²) in [6.45, 7) is 13.5. The number of hydrogen-bond donors (Lipinski definition) is 2. The summed E-state index contributed by atoms with van der Waals surface area (Å²) >= 11 is 0. The number of amidine groups is 1. The molecule has 74 heavy (non-hydrogen) atoms. The maximum Gasteiger partial charge on any atom is 0.273 e. The van der Waals surface area contributed by atoms with Crippen molar-refractivity contribution in [1.29, 1.82) is 0 Å². The first-order chi connectivity index (χ1) is 36.1. The van der Waals surface area contributed by atoms with Gasteiger partial charge < -0.3 is 68.2 Å². The van der Waals surface area contributed by atoms with E-state index in [1.54, 1.807) is 21.9 Å². The van der Waals surface area contributed by atoms with Crippen molar-refractivity contribution in [1.82, 2.24) is 30.1 Å². The van der Waals surface area contributed by atoms with E-state index in [1.807, 2.05) is 13.8 Å². The molecule has 1 fully saturated rings. The smallest absolute Gasteiger partial charge is 0.273 e. The van der Waals surface area contributed by atoms with Gasteiger partial charge in [-0.15, -0.1) is 0 Å². The van der Waals surface area contributed by atoms with E-state index in [9.17, 15) is 28.8 Å². The van der Waals surface area contributed by atoms with E-state index in [1.165, 1.54) is 11.3 Å². The molecule has 0 unspecified atom stereocenters. The molecule has 4 rings (SSSR count). The number of hydrogen-bond acceptors (Lipinski definition) is 20. The van der Waals surface area contributed by atoms with Crippen molar-refractivity contribution in [2.24, 2.45) is 10.7 Å². The van der Waals surface area contributed by atoms with Gasteiger partial charge in [0.05, 0.1) is 169 Å². The predicted molar refractivity (Wildman–Crippen MR) is 266 cm³/mol. The maximum atomic E-state index is 13.6. The van der Waals surface area contributed by atoms with Crippen LogP contribution in [0.15, 0.2) is 35.0 Å². The fourth-order valence-corrected chi connectivity index (χ4v) is 7.07. The summed E-state index contributed by atoms with van der Waals surface area (Å²) in [7, 11) is 0. The maximum absolute atomic E-state index is 13.6. The second-order valence-corrected chi connectivity index (χ2v) is 16.4. The molecule has 3 aliphatic rings. The van der Waals surface area contributed by atoms with E-state index < -0.39 is 17.7 Å². The van der Waals surface area contributed by atoms with Crippen LogP contribution >= 0.6 is 0 Å². The molecule has 1 aromatic rings. The van der Waals surface area contributed by atoms with E-state index in [2.05, 4.69) is 15.3 Å². The van der Waals surface area contributed by atoms with E-state index in [4.69, 9.17) is 57.9 Å². The number of nitrogens with two attached hydrogens (primary N) is 1. The third-order valence-electron chi connectivity index (χ3n) is 10.7. The Balaban J connectivity index is 0.866. The molecule has 25 heteroatoms. The van der Waals surface area contributed by atoms with Crippen LogP contribution in [-0.4, -0.2) is 244 Å². The van der Waals surface area contributed by atoms with Crippen LogP contribution in [0.25, 0.3) is 6.08 Å². The first kappa shape index (κ1) is 61.2. The number of fused-ring (bicyclic) bond motifs is 1. The molecule has 1 saturated heterocycles. The summed E-state index contributed by atoms with van der Waals surface area (Å²) in [5.41, 5.74) is 7.69. The van der Waals surface area contributed by atoms with Gasteiger partial charge >= 0.3 is 0 Å². The number of rotatable bonds is 41. The molecule has 6 amide bonds. The highest BCUT2D eigenvalue weighted by Crippen LogP contribution is 2.27. The molecule has 0 spiro atoms. The zero-order chi connectivity index (χ0) is 53.0. The van der Waals surface area contributed by atoms with Crippen LogP contribution in [0.1, 0.15) is 55.6 Å². The van der Waals surface area contributed by atoms with Crippen LogP contribution in [-0.2, 0) is 76.2 Å². The average Bonchev–Trinajstić information content (AvgIpc) is 3.60. The van der Waals surface area contributed by atoms with Crippen LogP contribution in [0.3, 0.4) is 0 Å². The van der Waals surface area contributed by atoms with E-state index in [-0.39, 0.29) is 69.4 Å². The van der Waals surface area contributed by atoms with Crippen molar-refractivity contribution in [3.63, 3.8) is 0 Å². The largest absolute Gasteiger partial charge is 0.387 e. The fraction of sp³-hybridized carbons (Fsp3) is 0.673. The number of pyridine rings is 1. The standard InChI is InChI=1S/C49H76N8O17/c1-3-10-57(74-4-2)49(63)39-33-41-42(53-43(50)35-39)34-40(36-52-41)48(62)55-12-5-11-54(38-55)45(59)8-13-64-15-17-66-19-21-68-23-25-70-27-29-72-31-32-73-30-28-71-26-24-69-22-20-67-18-16-65-14-9-51-44(58)37-56-46(60)6-7-47(56)61/h6-7,33-34,36H,3-5,8-32,35,37-38H2,1-2H3,(H2,50,53)(H,51,58). The highest BCUT2D eigenvalue weighted by atomic mass is 16.7. The Kier molecular flexibility index (Phi) is 31.0. The van der Waals surface area contributed by atoms with Gasteiger partial charge in [-0.2, -0.15) is 0 Å². The molecule has 414 valence electrons. The molecule has 0 aliphatic carbocycles. The van der Waals surface area contributed by atoms with Crippen LogP contribution in [0, 0.1) is 0 Å². The van der Waals surface area contributed by atoms with Gasteiger partial charge in [0, 0.05) is 56.5 Å². The lowest BCUT2D eigenvalue weighted by molar-refractivity contribution is -0.180. The number of imide groups is 1. The van der Waals surface area contributed by atoms with E-state index in [0.29, 0.717) is 174 Å². The zero-order valence-electron chi connectivity index (χ0n) is 43.0. The molecule has 0 saturated carbocycles. The van der Waals surface area contributed by atoms with Crippen molar-refractivity contribution in [3.05, 3.63) is 41.2 Å². The summed E-state index contributed by atoms with van der Waals surface area (Å²) < 4.78 is 55.0. The van der Waals surface area contributed by atoms with E-state index >= 15 is 0 Å². The number of carbonyl (C=O) groups excluding carboxylic acids is 6. The molecular formula is C49H76N8O17. The molecule has 0 bridgehead atoms. The Morgan fingerprint density at radius 2 is 1.16 bits per heavy atom. The Hall–Kier alpha value is -5.32. The molecule has 25 nitrogen and oxygen atoms in total. The van der Waals surface area contributed by atoms with Crippen LogP contribution in [0.4, 0.5) is 5.69 Å². The number of nitrogens with one attached hydrogen (secondary N) is 1. The zero-order valence-corrected chi connectivity index (χ0v) is 43.0. The first-order valence-corrected chi connectivity index (χ1v) is 25.2. The van der Waals surface area contributed by atoms with Crippen LogP contribution in [0.2, 0.25) is 0 Å². The lowest BCUT2D eigenvalue weighted by Gasteiger charge is -2.35. The molecule has 1 aromatic heterocycles. The number of ether oxygens (including phenoxy) is 10. The molecule has 0 radical (unpaired) electrons. The summed E-state index contributed by atoms with van der Waals surface area (Å²) in [5.74, 6) is -1.93. The quantitative estimate of drug-likeness (QED) is 0.0506. The van der Waals surface area contributed by atoms with Gasteiger partial charge in [-0.3, -0.25) is 43.5 Å². The average molecular weight is 1050 g/mol. The molecule has 0 atom stereocenters. The van der Waals surface area contributed by atoms with Crippen LogP contribution in [0.5, 0.6) is 0 Å². The van der Waals surface area contributed by atoms with Gasteiger partial charge in [0.25, 0.3) is 23.6 Å². The number of carbonyl (C=O) groups is 6. The van der Waals surface area contributed by atoms with Crippen molar-refractivity contribution in [2.45, 2.75) is 39.5 Å². The molecule has 3 aliphatic heterocycles. The SMILES string of the molecule is CCCN(OCC)C(=O)C1=Cc2ncc(C(=O)N3CCCN(C(=O)CCOCCOCCOCCOCCOCCOCCOCCOCCOCCOCCNC(=O)CN4C(=O)C=CC4=O)C3)cc2N=C(N)C1. The Morgan fingerprint density at radius 3 is 1.66 bits per heavy atom. The second kappa shape index (κ2) is 37.4. The van der Waals surface area contributed by atoms with Crippen molar-refractivity contribution >= 4 is 53.0 Å². The summed E-state index contributed by atoms with van der Waals surface area (Å²) in [4.78, 5) is 93.1. The Bertz CT molecular complexity index is 1950. The number of hydroxylamine groups is 2. The Morgan fingerprint density at radius 1 is 0.676 bits per heavy atom. The molecular weight excluding hydrogens is 973 g/mol. The third kappa shape index (κ3) is 24.4. The number of aliphatic imine (C=N–C) groups is 1. The second-order valence-electron chi connectivity index (χ2n) is 16.4. The topological polar surface area (TPSA) is 280 Å². The van der Waals surface area contributed by atoms with Crippen molar-refractivity contribution in [3.8, 4) is 0 Å². The number of amides is 6. The molecule has 4 heterocycles. The van der Waals surface area contributed by atoms with Gasteiger partial charge in [-0.1, -0.05) is 6.92 Å². The highest BCUT2D eigenvalue weighted by Gasteiger charge is 2.28. The first-order valence-electron chi connectivity index (χ1n) is 25.2. The minimum atomic E-state index is -0.501. The summed E-state index contributed by atoms with van der Waals surface area (Å²) in [6.07, 6.45) is 6.99. The van der Waals surface area contributed by atoms with Gasteiger partial charge in [0.15, 0.2) is 0 Å². The summed E-state index contributed by atoms with van der Waals surface area (Å²) in [5, 5.41) is 3.91. The summed E-state index contributed by atoms with van der Waals surface area (Å²) in [6, 6.07) is 1.61. The highest BCUT2D eigenvalue weighted by molar-refractivity contribution is 6.14. The Labute approximate surface area is 432 Å². The molecule has 0 aromatic carbocycles. The minimum absolute atomic E-state index is 0.113. The molecule has 3 N–H and O–H groups in total. The van der Waals surface area contributed by atoms with Crippen molar-refractivity contribution < 1.29 is 81.0 Å². The van der Waals surface area contributed by atoms with E-state index in [0.717, 1.165) is 23.5 Å². The fourth-order valence-electron chi connectivity index (χ4n) is 7.07. The number of nitrogens with zero attached hydrogens (tertiary/aromatic N) is 6. The third-order valence-corrected chi connectivity index (χ3v) is 10.7.